The lowest BCUT2D eigenvalue weighted by molar-refractivity contribution is 1.24. The Bertz CT molecular complexity index is 322. The Morgan fingerprint density at radius 3 is 2.67 bits per heavy atom. The zero-order valence-corrected chi connectivity index (χ0v) is 6.38. The first kappa shape index (κ1) is 8.17. The Hall–Kier alpha value is -1.93. The summed E-state index contributed by atoms with van der Waals surface area (Å²) in [6.45, 7) is 0. The van der Waals surface area contributed by atoms with E-state index in [4.69, 9.17) is 11.3 Å². The van der Waals surface area contributed by atoms with Gasteiger partial charge in [-0.05, 0) is 22.3 Å². The molecule has 0 atom stereocenters. The zero-order chi connectivity index (χ0) is 8.81. The standard InChI is InChI=1S/C8H8N4/c9-8(11-12-10)6-7-4-2-1-3-5-7/h1-6H,9H2. The summed E-state index contributed by atoms with van der Waals surface area (Å²) in [7, 11) is 0. The predicted octanol–water partition coefficient (Wildman–Crippen LogP) is 2.25. The van der Waals surface area contributed by atoms with Crippen LogP contribution >= 0.6 is 0 Å². The first-order valence-electron chi connectivity index (χ1n) is 3.40. The Morgan fingerprint density at radius 2 is 2.08 bits per heavy atom. The highest BCUT2D eigenvalue weighted by Crippen LogP contribution is 2.03. The van der Waals surface area contributed by atoms with E-state index in [1.54, 1.807) is 6.08 Å². The summed E-state index contributed by atoms with van der Waals surface area (Å²) in [5.74, 6) is 0.170. The molecule has 12 heavy (non-hydrogen) atoms. The lowest BCUT2D eigenvalue weighted by Crippen LogP contribution is -1.90. The van der Waals surface area contributed by atoms with Crippen molar-refractivity contribution in [2.75, 3.05) is 0 Å². The summed E-state index contributed by atoms with van der Waals surface area (Å²) in [5, 5.41) is 3.24. The largest absolute Gasteiger partial charge is 0.397 e. The van der Waals surface area contributed by atoms with Gasteiger partial charge in [-0.1, -0.05) is 30.3 Å². The smallest absolute Gasteiger partial charge is 0.0959 e. The van der Waals surface area contributed by atoms with Crippen LogP contribution in [0.25, 0.3) is 16.5 Å². The number of hydrogen-bond acceptors (Lipinski definition) is 2. The van der Waals surface area contributed by atoms with Gasteiger partial charge in [0.15, 0.2) is 0 Å². The van der Waals surface area contributed by atoms with Crippen molar-refractivity contribution in [1.29, 1.82) is 0 Å². The van der Waals surface area contributed by atoms with Crippen LogP contribution in [0.5, 0.6) is 0 Å². The van der Waals surface area contributed by atoms with E-state index in [1.807, 2.05) is 30.3 Å². The third-order valence-electron chi connectivity index (χ3n) is 1.27. The van der Waals surface area contributed by atoms with E-state index < -0.39 is 0 Å². The highest BCUT2D eigenvalue weighted by molar-refractivity contribution is 5.51. The van der Waals surface area contributed by atoms with Crippen LogP contribution in [0, 0.1) is 0 Å². The van der Waals surface area contributed by atoms with Gasteiger partial charge < -0.3 is 5.73 Å². The Labute approximate surface area is 69.9 Å². The molecule has 1 aromatic rings. The van der Waals surface area contributed by atoms with Gasteiger partial charge in [-0.15, -0.1) is 0 Å². The molecule has 4 heteroatoms. The van der Waals surface area contributed by atoms with Gasteiger partial charge in [0, 0.05) is 4.91 Å². The molecule has 1 aromatic carbocycles. The molecule has 0 radical (unpaired) electrons. The number of hydrogen-bond donors (Lipinski definition) is 1. The summed E-state index contributed by atoms with van der Waals surface area (Å²) >= 11 is 0. The molecule has 0 aliphatic rings. The highest BCUT2D eigenvalue weighted by Gasteiger charge is 1.85. The Morgan fingerprint density at radius 1 is 1.42 bits per heavy atom. The molecule has 0 amide bonds. The van der Waals surface area contributed by atoms with Crippen molar-refractivity contribution in [2.24, 2.45) is 10.8 Å². The molecule has 0 spiro atoms. The minimum absolute atomic E-state index is 0.170. The molecule has 0 fully saturated rings. The maximum absolute atomic E-state index is 8.05. The highest BCUT2D eigenvalue weighted by atomic mass is 15.2. The van der Waals surface area contributed by atoms with Crippen LogP contribution in [-0.2, 0) is 0 Å². The van der Waals surface area contributed by atoms with Crippen molar-refractivity contribution < 1.29 is 0 Å². The summed E-state index contributed by atoms with van der Waals surface area (Å²) in [4.78, 5) is 2.56. The minimum atomic E-state index is 0.170. The number of benzene rings is 1. The molecule has 0 aromatic heterocycles. The third-order valence-corrected chi connectivity index (χ3v) is 1.27. The van der Waals surface area contributed by atoms with E-state index in [-0.39, 0.29) is 5.82 Å². The van der Waals surface area contributed by atoms with E-state index in [1.165, 1.54) is 0 Å². The number of nitrogens with zero attached hydrogens (tertiary/aromatic N) is 3. The Balaban J connectivity index is 2.88. The maximum atomic E-state index is 8.05. The van der Waals surface area contributed by atoms with E-state index in [0.717, 1.165) is 5.56 Å². The second-order valence-electron chi connectivity index (χ2n) is 2.17. The Kier molecular flexibility index (Phi) is 2.76. The first-order chi connectivity index (χ1) is 5.83. The minimum Gasteiger partial charge on any atom is -0.397 e. The van der Waals surface area contributed by atoms with E-state index in [9.17, 15) is 0 Å². The fourth-order valence-electron chi connectivity index (χ4n) is 0.801. The van der Waals surface area contributed by atoms with Crippen LogP contribution in [0.1, 0.15) is 5.56 Å². The van der Waals surface area contributed by atoms with Crippen molar-refractivity contribution in [3.63, 3.8) is 0 Å². The van der Waals surface area contributed by atoms with Gasteiger partial charge >= 0.3 is 0 Å². The molecule has 0 heterocycles. The lowest BCUT2D eigenvalue weighted by atomic mass is 10.2. The molecule has 1 rings (SSSR count). The van der Waals surface area contributed by atoms with Crippen molar-refractivity contribution >= 4 is 6.08 Å². The van der Waals surface area contributed by atoms with Gasteiger partial charge in [0.05, 0.1) is 5.82 Å². The first-order valence-corrected chi connectivity index (χ1v) is 3.40. The molecule has 4 nitrogen and oxygen atoms in total. The monoisotopic (exact) mass is 160 g/mol. The molecule has 0 bridgehead atoms. The second kappa shape index (κ2) is 4.05. The number of nitrogens with two attached hydrogens (primary N) is 1. The van der Waals surface area contributed by atoms with Crippen LogP contribution in [0.3, 0.4) is 0 Å². The lowest BCUT2D eigenvalue weighted by Gasteiger charge is -1.91. The molecule has 0 aliphatic heterocycles. The van der Waals surface area contributed by atoms with E-state index >= 15 is 0 Å². The molecule has 0 saturated carbocycles. The van der Waals surface area contributed by atoms with Crippen LogP contribution < -0.4 is 5.73 Å². The molecular formula is C8H8N4. The fourth-order valence-corrected chi connectivity index (χ4v) is 0.801. The fraction of sp³-hybridized carbons (Fsp3) is 0. The van der Waals surface area contributed by atoms with Gasteiger partial charge in [0.2, 0.25) is 0 Å². The van der Waals surface area contributed by atoms with Gasteiger partial charge in [-0.25, -0.2) is 0 Å². The molecular weight excluding hydrogens is 152 g/mol. The molecule has 0 unspecified atom stereocenters. The van der Waals surface area contributed by atoms with Gasteiger partial charge in [-0.2, -0.15) is 0 Å². The average molecular weight is 160 g/mol. The average Bonchev–Trinajstić information content (AvgIpc) is 2.06. The number of azide groups is 1. The summed E-state index contributed by atoms with van der Waals surface area (Å²) < 4.78 is 0. The topological polar surface area (TPSA) is 74.8 Å². The number of rotatable bonds is 2. The molecule has 2 N–H and O–H groups in total. The van der Waals surface area contributed by atoms with Crippen LogP contribution in [-0.4, -0.2) is 0 Å². The second-order valence-corrected chi connectivity index (χ2v) is 2.17. The summed E-state index contributed by atoms with van der Waals surface area (Å²) in [5.41, 5.74) is 14.3. The maximum Gasteiger partial charge on any atom is 0.0959 e. The van der Waals surface area contributed by atoms with Crippen LogP contribution in [0.4, 0.5) is 0 Å². The zero-order valence-electron chi connectivity index (χ0n) is 6.38. The van der Waals surface area contributed by atoms with Crippen molar-refractivity contribution in [1.82, 2.24) is 0 Å². The van der Waals surface area contributed by atoms with Crippen LogP contribution in [0.15, 0.2) is 41.3 Å². The predicted molar refractivity (Wildman–Crippen MR) is 47.8 cm³/mol. The summed E-state index contributed by atoms with van der Waals surface area (Å²) in [6, 6.07) is 9.42. The van der Waals surface area contributed by atoms with Crippen molar-refractivity contribution in [3.05, 3.63) is 52.2 Å². The normalized spacial score (nSPS) is 10.5. The van der Waals surface area contributed by atoms with E-state index in [2.05, 4.69) is 10.0 Å². The molecule has 0 aliphatic carbocycles. The van der Waals surface area contributed by atoms with Crippen molar-refractivity contribution in [3.8, 4) is 0 Å². The molecule has 60 valence electrons. The van der Waals surface area contributed by atoms with Gasteiger partial charge in [0.1, 0.15) is 0 Å². The third kappa shape index (κ3) is 2.36. The van der Waals surface area contributed by atoms with Crippen molar-refractivity contribution in [2.45, 2.75) is 0 Å². The quantitative estimate of drug-likeness (QED) is 0.402. The van der Waals surface area contributed by atoms with Crippen LogP contribution in [0.2, 0.25) is 0 Å². The molecule has 0 saturated heterocycles. The van der Waals surface area contributed by atoms with Gasteiger partial charge in [0.25, 0.3) is 0 Å². The van der Waals surface area contributed by atoms with Gasteiger partial charge in [-0.3, -0.25) is 0 Å². The van der Waals surface area contributed by atoms with E-state index in [0.29, 0.717) is 0 Å². The summed E-state index contributed by atoms with van der Waals surface area (Å²) in [6.07, 6.45) is 1.61. The SMILES string of the molecule is [N-]=[N+]=NC(N)=Cc1ccccc1.